The molecule has 0 bridgehead atoms. The Hall–Kier alpha value is -2.50. The Morgan fingerprint density at radius 1 is 1.32 bits per heavy atom. The molecule has 6 nitrogen and oxygen atoms in total. The molecule has 3 atom stereocenters. The van der Waals surface area contributed by atoms with Gasteiger partial charge in [-0.2, -0.15) is 0 Å². The first-order valence-corrected chi connectivity index (χ1v) is 7.25. The minimum absolute atomic E-state index is 0.133. The summed E-state index contributed by atoms with van der Waals surface area (Å²) in [5.41, 5.74) is 0.519. The fourth-order valence-electron chi connectivity index (χ4n) is 3.63. The predicted molar refractivity (Wildman–Crippen MR) is 78.7 cm³/mol. The second-order valence-corrected chi connectivity index (χ2v) is 6.10. The molecule has 0 saturated carbocycles. The van der Waals surface area contributed by atoms with E-state index >= 15 is 0 Å². The number of amidine groups is 1. The average Bonchev–Trinajstić information content (AvgIpc) is 3.13. The zero-order valence-corrected chi connectivity index (χ0v) is 12.3. The highest BCUT2D eigenvalue weighted by atomic mass is 16.2. The number of aliphatic imine (C=N–C) groups is 1. The lowest BCUT2D eigenvalue weighted by molar-refractivity contribution is -0.143. The van der Waals surface area contributed by atoms with Gasteiger partial charge in [0.15, 0.2) is 5.54 Å². The van der Waals surface area contributed by atoms with Gasteiger partial charge in [0, 0.05) is 0 Å². The largest absolute Gasteiger partial charge is 0.294 e. The SMILES string of the molecule is CC1=CC=CC2N=C(C)N([C@]34C=C3CC(=O)NC4=O)C(=O)C12. The lowest BCUT2D eigenvalue weighted by Crippen LogP contribution is -2.62. The summed E-state index contributed by atoms with van der Waals surface area (Å²) in [7, 11) is 0. The van der Waals surface area contributed by atoms with Gasteiger partial charge in [0.2, 0.25) is 11.8 Å². The summed E-state index contributed by atoms with van der Waals surface area (Å²) < 4.78 is 0. The van der Waals surface area contributed by atoms with Gasteiger partial charge in [-0.25, -0.2) is 0 Å². The maximum atomic E-state index is 13.0. The number of nitrogens with one attached hydrogen (secondary N) is 1. The second kappa shape index (κ2) is 4.03. The van der Waals surface area contributed by atoms with Crippen LogP contribution in [0, 0.1) is 5.92 Å². The molecule has 22 heavy (non-hydrogen) atoms. The summed E-state index contributed by atoms with van der Waals surface area (Å²) in [4.78, 5) is 42.8. The van der Waals surface area contributed by atoms with Crippen molar-refractivity contribution in [3.05, 3.63) is 35.5 Å². The van der Waals surface area contributed by atoms with E-state index in [0.29, 0.717) is 11.4 Å². The van der Waals surface area contributed by atoms with Crippen molar-refractivity contribution in [1.82, 2.24) is 10.2 Å². The van der Waals surface area contributed by atoms with Gasteiger partial charge in [0.1, 0.15) is 5.84 Å². The van der Waals surface area contributed by atoms with Crippen molar-refractivity contribution in [3.8, 4) is 0 Å². The molecule has 4 aliphatic rings. The number of hydrogen-bond donors (Lipinski definition) is 1. The molecule has 6 heteroatoms. The Labute approximate surface area is 127 Å². The molecule has 3 amide bonds. The van der Waals surface area contributed by atoms with E-state index in [1.165, 1.54) is 4.90 Å². The predicted octanol–water partition coefficient (Wildman–Crippen LogP) is 0.473. The molecule has 0 aromatic rings. The first-order chi connectivity index (χ1) is 10.4. The molecule has 112 valence electrons. The number of carbonyl (C=O) groups excluding carboxylic acids is 3. The van der Waals surface area contributed by atoms with E-state index in [1.807, 2.05) is 25.2 Å². The minimum Gasteiger partial charge on any atom is -0.294 e. The Bertz CT molecular complexity index is 759. The molecule has 0 aromatic heterocycles. The zero-order valence-electron chi connectivity index (χ0n) is 12.3. The summed E-state index contributed by atoms with van der Waals surface area (Å²) in [6.45, 7) is 3.63. The van der Waals surface area contributed by atoms with Crippen LogP contribution in [0.25, 0.3) is 0 Å². The van der Waals surface area contributed by atoms with Gasteiger partial charge < -0.3 is 0 Å². The molecular weight excluding hydrogens is 282 g/mol. The Morgan fingerprint density at radius 2 is 2.09 bits per heavy atom. The molecule has 1 N–H and O–H groups in total. The summed E-state index contributed by atoms with van der Waals surface area (Å²) in [6.07, 6.45) is 7.56. The topological polar surface area (TPSA) is 78.8 Å². The first kappa shape index (κ1) is 13.2. The van der Waals surface area contributed by atoms with E-state index in [2.05, 4.69) is 10.3 Å². The van der Waals surface area contributed by atoms with Gasteiger partial charge in [-0.05, 0) is 25.5 Å². The van der Waals surface area contributed by atoms with Crippen LogP contribution in [-0.2, 0) is 14.4 Å². The van der Waals surface area contributed by atoms with Crippen molar-refractivity contribution in [2.24, 2.45) is 10.9 Å². The number of imide groups is 1. The van der Waals surface area contributed by atoms with Crippen LogP contribution in [0.15, 0.2) is 40.4 Å². The maximum absolute atomic E-state index is 13.0. The fourth-order valence-corrected chi connectivity index (χ4v) is 3.63. The van der Waals surface area contributed by atoms with Crippen LogP contribution in [0.1, 0.15) is 20.3 Å². The third-order valence-corrected chi connectivity index (χ3v) is 4.74. The molecule has 2 unspecified atom stereocenters. The normalized spacial score (nSPS) is 36.0. The number of allylic oxidation sites excluding steroid dienone is 2. The lowest BCUT2D eigenvalue weighted by atomic mass is 9.84. The van der Waals surface area contributed by atoms with Crippen LogP contribution in [0.3, 0.4) is 0 Å². The van der Waals surface area contributed by atoms with E-state index < -0.39 is 11.4 Å². The monoisotopic (exact) mass is 297 g/mol. The Balaban J connectivity index is 1.76. The first-order valence-electron chi connectivity index (χ1n) is 7.25. The third-order valence-electron chi connectivity index (χ3n) is 4.74. The molecule has 4 rings (SSSR count). The number of fused-ring (bicyclic) bond motifs is 2. The quantitative estimate of drug-likeness (QED) is 0.564. The molecule has 0 spiro atoms. The van der Waals surface area contributed by atoms with Crippen molar-refractivity contribution in [2.45, 2.75) is 31.8 Å². The van der Waals surface area contributed by atoms with Crippen LogP contribution < -0.4 is 5.32 Å². The van der Waals surface area contributed by atoms with Crippen LogP contribution in [0.4, 0.5) is 0 Å². The van der Waals surface area contributed by atoms with Crippen LogP contribution in [0.5, 0.6) is 0 Å². The van der Waals surface area contributed by atoms with Crippen molar-refractivity contribution >= 4 is 23.6 Å². The van der Waals surface area contributed by atoms with Gasteiger partial charge in [-0.3, -0.25) is 29.6 Å². The van der Waals surface area contributed by atoms with E-state index in [1.54, 1.807) is 13.0 Å². The summed E-state index contributed by atoms with van der Waals surface area (Å²) in [5, 5.41) is 2.33. The lowest BCUT2D eigenvalue weighted by Gasteiger charge is -2.41. The fraction of sp³-hybridized carbons (Fsp3) is 0.375. The Kier molecular flexibility index (Phi) is 2.41. The maximum Gasteiger partial charge on any atom is 0.261 e. The highest BCUT2D eigenvalue weighted by Gasteiger charge is 2.62. The van der Waals surface area contributed by atoms with E-state index in [-0.39, 0.29) is 30.2 Å². The highest BCUT2D eigenvalue weighted by molar-refractivity contribution is 6.18. The van der Waals surface area contributed by atoms with Crippen LogP contribution in [0.2, 0.25) is 0 Å². The third kappa shape index (κ3) is 1.49. The average molecular weight is 297 g/mol. The highest BCUT2D eigenvalue weighted by Crippen LogP contribution is 2.47. The summed E-state index contributed by atoms with van der Waals surface area (Å²) >= 11 is 0. The summed E-state index contributed by atoms with van der Waals surface area (Å²) in [6, 6.07) is -0.208. The van der Waals surface area contributed by atoms with Crippen LogP contribution in [-0.4, -0.2) is 40.0 Å². The van der Waals surface area contributed by atoms with Gasteiger partial charge in [-0.1, -0.05) is 23.8 Å². The molecule has 1 saturated heterocycles. The number of amides is 3. The van der Waals surface area contributed by atoms with Crippen molar-refractivity contribution < 1.29 is 14.4 Å². The molecular formula is C16H15N3O3. The molecule has 2 heterocycles. The number of piperidine rings is 1. The van der Waals surface area contributed by atoms with Crippen molar-refractivity contribution in [2.75, 3.05) is 0 Å². The van der Waals surface area contributed by atoms with Crippen molar-refractivity contribution in [3.63, 3.8) is 0 Å². The molecule has 0 aromatic carbocycles. The van der Waals surface area contributed by atoms with Gasteiger partial charge in [0.25, 0.3) is 5.91 Å². The smallest absolute Gasteiger partial charge is 0.261 e. The van der Waals surface area contributed by atoms with Gasteiger partial charge >= 0.3 is 0 Å². The van der Waals surface area contributed by atoms with Crippen molar-refractivity contribution in [1.29, 1.82) is 0 Å². The van der Waals surface area contributed by atoms with Crippen LogP contribution >= 0.6 is 0 Å². The minimum atomic E-state index is -1.11. The number of rotatable bonds is 1. The zero-order chi connectivity index (χ0) is 15.6. The summed E-state index contributed by atoms with van der Waals surface area (Å²) in [5.74, 6) is -0.762. The molecule has 0 radical (unpaired) electrons. The van der Waals surface area contributed by atoms with Gasteiger partial charge in [-0.15, -0.1) is 0 Å². The molecule has 2 aliphatic heterocycles. The van der Waals surface area contributed by atoms with E-state index in [9.17, 15) is 14.4 Å². The second-order valence-electron chi connectivity index (χ2n) is 6.10. The Morgan fingerprint density at radius 3 is 2.82 bits per heavy atom. The molecule has 1 fully saturated rings. The standard InChI is InChI=1S/C16H15N3O3/c1-8-4-3-5-11-13(8)14(21)19(9(2)17-11)16-7-10(16)6-12(20)18-15(16)22/h3-5,7,11,13H,6H2,1-2H3,(H,18,20,22)/t11?,13?,16-/m1/s1. The number of carbonyl (C=O) groups is 3. The number of hydrogen-bond acceptors (Lipinski definition) is 4. The van der Waals surface area contributed by atoms with E-state index in [0.717, 1.165) is 5.57 Å². The number of nitrogens with zero attached hydrogens (tertiary/aromatic N) is 2. The van der Waals surface area contributed by atoms with Gasteiger partial charge in [0.05, 0.1) is 18.4 Å². The van der Waals surface area contributed by atoms with E-state index in [4.69, 9.17) is 0 Å². The molecule has 2 aliphatic carbocycles.